The fourth-order valence-electron chi connectivity index (χ4n) is 6.10. The molecule has 0 radical (unpaired) electrons. The average molecular weight is 516 g/mol. The molecule has 4 heterocycles. The van der Waals surface area contributed by atoms with Gasteiger partial charge in [-0.25, -0.2) is 0 Å². The SMILES string of the molecule is O=C1CCNC2C1NCc1cc(OCC(O)CN3CCN(C(c4ccccc4)c4ccccc4)CC3)cn12. The van der Waals surface area contributed by atoms with E-state index in [2.05, 4.69) is 85.7 Å². The number of nitrogens with zero attached hydrogens (tertiary/aromatic N) is 3. The lowest BCUT2D eigenvalue weighted by Crippen LogP contribution is -2.56. The Bertz CT molecular complexity index is 1170. The van der Waals surface area contributed by atoms with Crippen molar-refractivity contribution in [3.8, 4) is 5.75 Å². The maximum absolute atomic E-state index is 12.3. The lowest BCUT2D eigenvalue weighted by molar-refractivity contribution is -0.124. The van der Waals surface area contributed by atoms with Gasteiger partial charge in [-0.2, -0.15) is 0 Å². The van der Waals surface area contributed by atoms with Gasteiger partial charge in [-0.1, -0.05) is 60.7 Å². The van der Waals surface area contributed by atoms with Crippen molar-refractivity contribution in [2.75, 3.05) is 45.9 Å². The summed E-state index contributed by atoms with van der Waals surface area (Å²) in [5.41, 5.74) is 3.70. The monoisotopic (exact) mass is 515 g/mol. The van der Waals surface area contributed by atoms with Crippen LogP contribution in [0.3, 0.4) is 0 Å². The molecule has 2 fully saturated rings. The van der Waals surface area contributed by atoms with E-state index in [9.17, 15) is 9.90 Å². The molecule has 0 saturated carbocycles. The zero-order valence-corrected chi connectivity index (χ0v) is 21.7. The van der Waals surface area contributed by atoms with Crippen molar-refractivity contribution in [2.45, 2.75) is 37.3 Å². The fourth-order valence-corrected chi connectivity index (χ4v) is 6.10. The fraction of sp³-hybridized carbons (Fsp3) is 0.433. The Morgan fingerprint density at radius 2 is 1.63 bits per heavy atom. The number of aliphatic hydroxyl groups is 1. The highest BCUT2D eigenvalue weighted by atomic mass is 16.5. The van der Waals surface area contributed by atoms with E-state index < -0.39 is 6.10 Å². The van der Waals surface area contributed by atoms with Crippen molar-refractivity contribution in [2.24, 2.45) is 0 Å². The van der Waals surface area contributed by atoms with Gasteiger partial charge < -0.3 is 14.4 Å². The molecule has 6 rings (SSSR count). The highest BCUT2D eigenvalue weighted by Gasteiger charge is 2.36. The summed E-state index contributed by atoms with van der Waals surface area (Å²) >= 11 is 0. The van der Waals surface area contributed by atoms with Gasteiger partial charge >= 0.3 is 0 Å². The molecule has 0 spiro atoms. The second kappa shape index (κ2) is 11.4. The molecule has 0 amide bonds. The van der Waals surface area contributed by atoms with Crippen LogP contribution in [-0.4, -0.2) is 83.3 Å². The summed E-state index contributed by atoms with van der Waals surface area (Å²) < 4.78 is 8.10. The highest BCUT2D eigenvalue weighted by Crippen LogP contribution is 2.30. The van der Waals surface area contributed by atoms with E-state index in [1.807, 2.05) is 12.3 Å². The molecular formula is C30H37N5O3. The number of carbonyl (C=O) groups is 1. The summed E-state index contributed by atoms with van der Waals surface area (Å²) in [5, 5.41) is 17.5. The number of ketones is 1. The van der Waals surface area contributed by atoms with Gasteiger partial charge in [0, 0.05) is 70.2 Å². The number of aromatic nitrogens is 1. The summed E-state index contributed by atoms with van der Waals surface area (Å²) in [6.07, 6.45) is 1.87. The molecular weight excluding hydrogens is 478 g/mol. The van der Waals surface area contributed by atoms with E-state index in [0.717, 1.165) is 37.6 Å². The third-order valence-corrected chi connectivity index (χ3v) is 8.01. The van der Waals surface area contributed by atoms with Crippen molar-refractivity contribution in [3.05, 3.63) is 89.7 Å². The number of rotatable bonds is 8. The lowest BCUT2D eigenvalue weighted by atomic mass is 9.96. The van der Waals surface area contributed by atoms with E-state index in [-0.39, 0.29) is 30.6 Å². The Morgan fingerprint density at radius 3 is 2.32 bits per heavy atom. The highest BCUT2D eigenvalue weighted by molar-refractivity contribution is 5.85. The Labute approximate surface area is 224 Å². The van der Waals surface area contributed by atoms with Crippen LogP contribution in [0.4, 0.5) is 0 Å². The molecule has 3 atom stereocenters. The first-order chi connectivity index (χ1) is 18.7. The van der Waals surface area contributed by atoms with Crippen molar-refractivity contribution >= 4 is 5.78 Å². The Balaban J connectivity index is 1.02. The van der Waals surface area contributed by atoms with Crippen LogP contribution in [-0.2, 0) is 11.3 Å². The van der Waals surface area contributed by atoms with E-state index in [1.54, 1.807) is 0 Å². The molecule has 2 aromatic carbocycles. The largest absolute Gasteiger partial charge is 0.489 e. The van der Waals surface area contributed by atoms with Gasteiger partial charge in [0.15, 0.2) is 5.78 Å². The maximum atomic E-state index is 12.3. The number of β-amino-alcohol motifs (C(OH)–C–C–N with tert-alkyl or cyclic N) is 1. The second-order valence-electron chi connectivity index (χ2n) is 10.6. The molecule has 8 nitrogen and oxygen atoms in total. The zero-order valence-electron chi connectivity index (χ0n) is 21.7. The van der Waals surface area contributed by atoms with Crippen molar-refractivity contribution in [1.29, 1.82) is 0 Å². The number of carbonyl (C=O) groups excluding carboxylic acids is 1. The van der Waals surface area contributed by atoms with E-state index in [1.165, 1.54) is 11.1 Å². The van der Waals surface area contributed by atoms with E-state index >= 15 is 0 Å². The first kappa shape index (κ1) is 25.3. The molecule has 0 bridgehead atoms. The zero-order chi connectivity index (χ0) is 25.9. The predicted octanol–water partition coefficient (Wildman–Crippen LogP) is 2.17. The molecule has 3 unspecified atom stereocenters. The average Bonchev–Trinajstić information content (AvgIpc) is 3.38. The van der Waals surface area contributed by atoms with Gasteiger partial charge in [-0.15, -0.1) is 0 Å². The van der Waals surface area contributed by atoms with Gasteiger partial charge in [0.25, 0.3) is 0 Å². The minimum atomic E-state index is -0.572. The quantitative estimate of drug-likeness (QED) is 0.424. The van der Waals surface area contributed by atoms with Gasteiger partial charge in [0.2, 0.25) is 0 Å². The number of fused-ring (bicyclic) bond motifs is 3. The molecule has 3 aliphatic rings. The van der Waals surface area contributed by atoms with Crippen LogP contribution in [0.2, 0.25) is 0 Å². The molecule has 200 valence electrons. The number of nitrogens with one attached hydrogen (secondary N) is 2. The second-order valence-corrected chi connectivity index (χ2v) is 10.6. The Hall–Kier alpha value is -3.01. The summed E-state index contributed by atoms with van der Waals surface area (Å²) in [4.78, 5) is 17.1. The van der Waals surface area contributed by atoms with E-state index in [0.29, 0.717) is 26.1 Å². The van der Waals surface area contributed by atoms with Crippen molar-refractivity contribution in [3.63, 3.8) is 0 Å². The number of benzene rings is 2. The minimum Gasteiger partial charge on any atom is -0.489 e. The van der Waals surface area contributed by atoms with Crippen LogP contribution in [0.1, 0.15) is 35.4 Å². The van der Waals surface area contributed by atoms with Crippen molar-refractivity contribution in [1.82, 2.24) is 25.0 Å². The third-order valence-electron chi connectivity index (χ3n) is 8.01. The molecule has 3 aliphatic heterocycles. The molecule has 3 N–H and O–H groups in total. The van der Waals surface area contributed by atoms with Crippen LogP contribution in [0.5, 0.6) is 5.75 Å². The van der Waals surface area contributed by atoms with Crippen LogP contribution in [0.15, 0.2) is 72.9 Å². The normalized spacial score (nSPS) is 23.2. The summed E-state index contributed by atoms with van der Waals surface area (Å²) in [6.45, 7) is 5.85. The van der Waals surface area contributed by atoms with Gasteiger partial charge in [-0.3, -0.25) is 25.2 Å². The number of hydrogen-bond donors (Lipinski definition) is 3. The number of piperidine rings is 1. The lowest BCUT2D eigenvalue weighted by Gasteiger charge is -2.40. The standard InChI is InChI=1S/C30H37N5O3/c36-25(21-38-26-17-24-18-32-28-27(37)11-12-31-30(28)35(24)20-26)19-33-13-15-34(16-14-33)29(22-7-3-1-4-8-22)23-9-5-2-6-10-23/h1-10,17,20,25,28-32,36H,11-16,18-19,21H2. The number of ether oxygens (including phenoxy) is 1. The first-order valence-corrected chi connectivity index (χ1v) is 13.7. The predicted molar refractivity (Wildman–Crippen MR) is 146 cm³/mol. The third kappa shape index (κ3) is 5.41. The molecule has 38 heavy (non-hydrogen) atoms. The van der Waals surface area contributed by atoms with Gasteiger partial charge in [0.05, 0.1) is 6.04 Å². The molecule has 8 heteroatoms. The Kier molecular flexibility index (Phi) is 7.58. The summed E-state index contributed by atoms with van der Waals surface area (Å²) in [7, 11) is 0. The molecule has 2 saturated heterocycles. The van der Waals surface area contributed by atoms with Crippen LogP contribution in [0, 0.1) is 0 Å². The summed E-state index contributed by atoms with van der Waals surface area (Å²) in [6, 6.07) is 23.5. The van der Waals surface area contributed by atoms with Gasteiger partial charge in [-0.05, 0) is 11.1 Å². The Morgan fingerprint density at radius 1 is 0.947 bits per heavy atom. The molecule has 3 aromatic rings. The molecule has 0 aliphatic carbocycles. The number of Topliss-reactive ketones (excluding diaryl/α,β-unsaturated/α-hetero) is 1. The minimum absolute atomic E-state index is 0.0748. The first-order valence-electron chi connectivity index (χ1n) is 13.7. The summed E-state index contributed by atoms with van der Waals surface area (Å²) in [5.74, 6) is 0.990. The number of piperazine rings is 1. The van der Waals surface area contributed by atoms with Crippen molar-refractivity contribution < 1.29 is 14.6 Å². The van der Waals surface area contributed by atoms with Crippen LogP contribution in [0.25, 0.3) is 0 Å². The maximum Gasteiger partial charge on any atom is 0.154 e. The molecule has 1 aromatic heterocycles. The van der Waals surface area contributed by atoms with Crippen LogP contribution < -0.4 is 15.4 Å². The van der Waals surface area contributed by atoms with Gasteiger partial charge in [0.1, 0.15) is 30.7 Å². The van der Waals surface area contributed by atoms with E-state index in [4.69, 9.17) is 4.74 Å². The smallest absolute Gasteiger partial charge is 0.154 e. The number of hydrogen-bond acceptors (Lipinski definition) is 7. The number of aliphatic hydroxyl groups excluding tert-OH is 1. The topological polar surface area (TPSA) is 82.0 Å². The van der Waals surface area contributed by atoms with Crippen LogP contribution >= 0.6 is 0 Å².